The van der Waals surface area contributed by atoms with Gasteiger partial charge >= 0.3 is 29.6 Å². The number of nitrogens with zero attached hydrogens (tertiary/aromatic N) is 2. The van der Waals surface area contributed by atoms with E-state index in [1.165, 1.54) is 12.1 Å². The van der Waals surface area contributed by atoms with Gasteiger partial charge in [0.15, 0.2) is 5.17 Å². The molecule has 0 amide bonds. The summed E-state index contributed by atoms with van der Waals surface area (Å²) in [6.07, 6.45) is 1.58. The van der Waals surface area contributed by atoms with Gasteiger partial charge in [0.25, 0.3) is 0 Å². The monoisotopic (exact) mass is 233 g/mol. The van der Waals surface area contributed by atoms with Crippen LogP contribution in [-0.2, 0) is 0 Å². The number of hydrogen-bond donors (Lipinski definition) is 2. The Kier molecular flexibility index (Phi) is 6.61. The Balaban J connectivity index is 0.00000196. The number of benzene rings is 1. The van der Waals surface area contributed by atoms with Gasteiger partial charge in [-0.2, -0.15) is 5.26 Å². The predicted octanol–water partition coefficient (Wildman–Crippen LogP) is 1.66. The van der Waals surface area contributed by atoms with Crippen molar-refractivity contribution in [2.75, 3.05) is 5.32 Å². The van der Waals surface area contributed by atoms with Crippen LogP contribution in [0, 0.1) is 24.2 Å². The maximum atomic E-state index is 12.8. The Hall–Kier alpha value is -0.540. The van der Waals surface area contributed by atoms with E-state index in [0.717, 1.165) is 5.56 Å². The molecular weight excluding hydrogens is 224 g/mol. The number of anilines is 1. The molecule has 0 atom stereocenters. The topological polar surface area (TPSA) is 48.2 Å². The number of thiol groups is 1. The zero-order chi connectivity index (χ0) is 10.6. The van der Waals surface area contributed by atoms with Crippen LogP contribution in [0.3, 0.4) is 0 Å². The molecule has 1 N–H and O–H groups in total. The third-order valence-electron chi connectivity index (χ3n) is 1.60. The van der Waals surface area contributed by atoms with E-state index < -0.39 is 0 Å². The van der Waals surface area contributed by atoms with Crippen molar-refractivity contribution < 1.29 is 4.39 Å². The molecule has 74 valence electrons. The van der Waals surface area contributed by atoms with Crippen LogP contribution in [0.1, 0.15) is 5.56 Å². The summed E-state index contributed by atoms with van der Waals surface area (Å²) in [4.78, 5) is 3.34. The number of nitrogens with one attached hydrogen (secondary N) is 1. The summed E-state index contributed by atoms with van der Waals surface area (Å²) in [6, 6.07) is 4.31. The first-order valence-electron chi connectivity index (χ1n) is 3.82. The van der Waals surface area contributed by atoms with Gasteiger partial charge in [-0.15, -0.1) is 17.6 Å². The van der Waals surface area contributed by atoms with Gasteiger partial charge < -0.3 is 5.32 Å². The quantitative estimate of drug-likeness (QED) is 0.255. The first-order chi connectivity index (χ1) is 6.63. The third-order valence-corrected chi connectivity index (χ3v) is 1.81. The van der Waals surface area contributed by atoms with Crippen LogP contribution in [0.4, 0.5) is 10.1 Å². The Morgan fingerprint density at radius 2 is 2.27 bits per heavy atom. The van der Waals surface area contributed by atoms with Gasteiger partial charge in [0.05, 0.1) is 0 Å². The summed E-state index contributed by atoms with van der Waals surface area (Å²) in [5.74, 6) is -0.351. The van der Waals surface area contributed by atoms with Crippen LogP contribution in [0.15, 0.2) is 23.2 Å². The number of aliphatic imine (C=N–C) groups is 1. The summed E-state index contributed by atoms with van der Waals surface area (Å²) < 4.78 is 12.8. The number of hydrogen-bond acceptors (Lipinski definition) is 2. The predicted molar refractivity (Wildman–Crippen MR) is 63.9 cm³/mol. The minimum atomic E-state index is -0.351. The van der Waals surface area contributed by atoms with Crippen molar-refractivity contribution in [1.29, 1.82) is 5.26 Å². The molecule has 0 aliphatic heterocycles. The van der Waals surface area contributed by atoms with Gasteiger partial charge in [-0.1, -0.05) is 6.07 Å². The van der Waals surface area contributed by atoms with E-state index in [1.54, 1.807) is 12.3 Å². The summed E-state index contributed by atoms with van der Waals surface area (Å²) in [5.41, 5.74) is 1.40. The molecule has 0 fully saturated rings. The minimum absolute atomic E-state index is 0. The normalized spacial score (nSPS) is 10.1. The zero-order valence-electron chi connectivity index (χ0n) is 7.45. The molecule has 3 nitrogen and oxygen atoms in total. The molecule has 0 unspecified atom stereocenters. The Morgan fingerprint density at radius 1 is 1.60 bits per heavy atom. The number of nitriles is 1. The molecule has 0 spiro atoms. The molecule has 6 heteroatoms. The van der Waals surface area contributed by atoms with E-state index in [2.05, 4.69) is 22.9 Å². The van der Waals surface area contributed by atoms with Crippen molar-refractivity contribution in [2.24, 2.45) is 4.99 Å². The molecule has 0 radical (unpaired) electrons. The first-order valence-corrected chi connectivity index (χ1v) is 4.27. The molecule has 1 rings (SSSR count). The summed E-state index contributed by atoms with van der Waals surface area (Å²) in [6.45, 7) is 1.81. The van der Waals surface area contributed by atoms with E-state index in [1.807, 2.05) is 6.92 Å². The van der Waals surface area contributed by atoms with Crippen LogP contribution >= 0.6 is 12.6 Å². The molecule has 0 aliphatic carbocycles. The van der Waals surface area contributed by atoms with E-state index in [-0.39, 0.29) is 40.5 Å². The molecule has 0 saturated heterocycles. The fraction of sp³-hybridized carbons (Fsp3) is 0.111. The number of rotatable bonds is 1. The standard InChI is InChI=1S/C9H8FN3S.Na.H/c1-6-2-3-7(10)4-8(6)13-9(14)12-5-11;;/h2-4H,1H3,(H2,12,13,14);;. The first kappa shape index (κ1) is 14.5. The van der Waals surface area contributed by atoms with Crippen LogP contribution in [0.25, 0.3) is 0 Å². The molecule has 1 aromatic rings. The molecular formula is C9H9FN3NaS. The van der Waals surface area contributed by atoms with E-state index in [4.69, 9.17) is 5.26 Å². The molecule has 15 heavy (non-hydrogen) atoms. The fourth-order valence-corrected chi connectivity index (χ4v) is 1.09. The van der Waals surface area contributed by atoms with Crippen LogP contribution in [0.5, 0.6) is 0 Å². The van der Waals surface area contributed by atoms with E-state index >= 15 is 0 Å². The summed E-state index contributed by atoms with van der Waals surface area (Å²) in [5, 5.41) is 11.1. The number of aryl methyl sites for hydroxylation is 1. The molecule has 1 aromatic carbocycles. The van der Waals surface area contributed by atoms with Crippen molar-refractivity contribution >= 4 is 53.0 Å². The molecule has 0 saturated carbocycles. The Morgan fingerprint density at radius 3 is 2.87 bits per heavy atom. The van der Waals surface area contributed by atoms with Crippen molar-refractivity contribution in [3.05, 3.63) is 29.6 Å². The number of amidine groups is 1. The maximum absolute atomic E-state index is 12.8. The van der Waals surface area contributed by atoms with Crippen LogP contribution in [-0.4, -0.2) is 34.7 Å². The van der Waals surface area contributed by atoms with Crippen molar-refractivity contribution in [2.45, 2.75) is 6.92 Å². The second-order valence-electron chi connectivity index (χ2n) is 2.62. The van der Waals surface area contributed by atoms with Gasteiger partial charge in [-0.3, -0.25) is 0 Å². The SMILES string of the molecule is Cc1ccc(F)cc1NC(S)=NC#N.[NaH]. The Labute approximate surface area is 115 Å². The van der Waals surface area contributed by atoms with E-state index in [0.29, 0.717) is 5.69 Å². The zero-order valence-corrected chi connectivity index (χ0v) is 8.35. The average molecular weight is 233 g/mol. The van der Waals surface area contributed by atoms with Crippen molar-refractivity contribution in [1.82, 2.24) is 0 Å². The molecule has 0 aromatic heterocycles. The third kappa shape index (κ3) is 4.67. The van der Waals surface area contributed by atoms with Gasteiger partial charge in [-0.25, -0.2) is 4.39 Å². The molecule has 0 bridgehead atoms. The fourth-order valence-electron chi connectivity index (χ4n) is 0.925. The van der Waals surface area contributed by atoms with Crippen molar-refractivity contribution in [3.63, 3.8) is 0 Å². The average Bonchev–Trinajstić information content (AvgIpc) is 2.12. The molecule has 0 heterocycles. The second kappa shape index (κ2) is 6.85. The van der Waals surface area contributed by atoms with Crippen LogP contribution < -0.4 is 5.32 Å². The summed E-state index contributed by atoms with van der Waals surface area (Å²) in [7, 11) is 0. The van der Waals surface area contributed by atoms with Crippen LogP contribution in [0.2, 0.25) is 0 Å². The van der Waals surface area contributed by atoms with E-state index in [9.17, 15) is 4.39 Å². The van der Waals surface area contributed by atoms with Crippen molar-refractivity contribution in [3.8, 4) is 6.19 Å². The molecule has 0 aliphatic rings. The second-order valence-corrected chi connectivity index (χ2v) is 3.04. The van der Waals surface area contributed by atoms with Gasteiger partial charge in [0, 0.05) is 5.69 Å². The van der Waals surface area contributed by atoms with Gasteiger partial charge in [-0.05, 0) is 24.6 Å². The summed E-state index contributed by atoms with van der Waals surface area (Å²) >= 11 is 3.90. The number of halogens is 1. The van der Waals surface area contributed by atoms with Gasteiger partial charge in [0.1, 0.15) is 5.82 Å². The van der Waals surface area contributed by atoms with Gasteiger partial charge in [0.2, 0.25) is 6.19 Å². The Bertz CT molecular complexity index is 414.